The summed E-state index contributed by atoms with van der Waals surface area (Å²) in [6, 6.07) is 2.71. The van der Waals surface area contributed by atoms with E-state index in [-0.39, 0.29) is 16.5 Å². The van der Waals surface area contributed by atoms with Gasteiger partial charge in [0.15, 0.2) is 0 Å². The minimum absolute atomic E-state index is 0.0373. The molecule has 1 atom stereocenters. The van der Waals surface area contributed by atoms with E-state index in [2.05, 4.69) is 0 Å². The van der Waals surface area contributed by atoms with Gasteiger partial charge in [-0.15, -0.1) is 0 Å². The number of ether oxygens (including phenoxy) is 1. The van der Waals surface area contributed by atoms with Crippen molar-refractivity contribution < 1.29 is 23.1 Å². The number of hydrogen-bond donors (Lipinski definition) is 1. The van der Waals surface area contributed by atoms with Crippen molar-refractivity contribution in [3.8, 4) is 0 Å². The molecule has 1 aliphatic carbocycles. The van der Waals surface area contributed by atoms with Crippen LogP contribution in [0.4, 0.5) is 0 Å². The molecule has 1 saturated heterocycles. The first-order valence-electron chi connectivity index (χ1n) is 7.36. The van der Waals surface area contributed by atoms with Crippen LogP contribution in [-0.2, 0) is 27.6 Å². The van der Waals surface area contributed by atoms with E-state index < -0.39 is 16.0 Å². The monoisotopic (exact) mass is 325 g/mol. The van der Waals surface area contributed by atoms with E-state index in [0.717, 1.165) is 24.0 Å². The van der Waals surface area contributed by atoms with E-state index in [0.29, 0.717) is 26.1 Å². The van der Waals surface area contributed by atoms with E-state index >= 15 is 0 Å². The predicted molar refractivity (Wildman–Crippen MR) is 79.6 cm³/mol. The zero-order chi connectivity index (χ0) is 15.9. The van der Waals surface area contributed by atoms with Gasteiger partial charge in [0, 0.05) is 13.7 Å². The fourth-order valence-electron chi connectivity index (χ4n) is 3.18. The minimum atomic E-state index is -3.71. The van der Waals surface area contributed by atoms with Gasteiger partial charge in [-0.3, -0.25) is 0 Å². The highest BCUT2D eigenvalue weighted by molar-refractivity contribution is 7.89. The van der Waals surface area contributed by atoms with Crippen LogP contribution in [0, 0.1) is 0 Å². The fourth-order valence-corrected chi connectivity index (χ4v) is 4.87. The molecule has 0 spiro atoms. The van der Waals surface area contributed by atoms with Crippen molar-refractivity contribution in [3.63, 3.8) is 0 Å². The number of carboxylic acid groups (broad SMARTS) is 1. The van der Waals surface area contributed by atoms with E-state index in [9.17, 15) is 18.3 Å². The molecule has 3 rings (SSSR count). The van der Waals surface area contributed by atoms with Crippen LogP contribution in [0.2, 0.25) is 0 Å². The second-order valence-electron chi connectivity index (χ2n) is 5.81. The summed E-state index contributed by atoms with van der Waals surface area (Å²) in [7, 11) is -2.17. The molecule has 120 valence electrons. The van der Waals surface area contributed by atoms with Crippen molar-refractivity contribution in [1.29, 1.82) is 0 Å². The lowest BCUT2D eigenvalue weighted by Gasteiger charge is -2.24. The average Bonchev–Trinajstić information content (AvgIpc) is 3.15. The first-order valence-corrected chi connectivity index (χ1v) is 8.80. The number of likely N-dealkylation sites (N-methyl/N-ethyl adjacent to an activating group) is 1. The molecule has 1 aliphatic heterocycles. The highest BCUT2D eigenvalue weighted by atomic mass is 32.2. The number of aryl methyl sites for hydroxylation is 1. The van der Waals surface area contributed by atoms with Crippen molar-refractivity contribution >= 4 is 16.0 Å². The van der Waals surface area contributed by atoms with Crippen LogP contribution in [-0.4, -0.2) is 50.1 Å². The third-order valence-electron chi connectivity index (χ3n) is 4.50. The van der Waals surface area contributed by atoms with Crippen LogP contribution in [0.3, 0.4) is 0 Å². The summed E-state index contributed by atoms with van der Waals surface area (Å²) >= 11 is 0. The normalized spacial score (nSPS) is 21.3. The molecule has 0 bridgehead atoms. The second kappa shape index (κ2) is 5.64. The zero-order valence-corrected chi connectivity index (χ0v) is 13.2. The molecule has 1 fully saturated rings. The summed E-state index contributed by atoms with van der Waals surface area (Å²) in [6.45, 7) is 0.939. The molecule has 2 aliphatic rings. The Morgan fingerprint density at radius 2 is 2.14 bits per heavy atom. The summed E-state index contributed by atoms with van der Waals surface area (Å²) in [6.07, 6.45) is 2.93. The lowest BCUT2D eigenvalue weighted by Crippen LogP contribution is -2.37. The first kappa shape index (κ1) is 15.5. The van der Waals surface area contributed by atoms with E-state index in [1.807, 2.05) is 0 Å². The van der Waals surface area contributed by atoms with Crippen LogP contribution in [0.5, 0.6) is 0 Å². The smallest absolute Gasteiger partial charge is 0.335 e. The Kier molecular flexibility index (Phi) is 3.96. The Morgan fingerprint density at radius 1 is 1.36 bits per heavy atom. The molecule has 0 radical (unpaired) electrons. The van der Waals surface area contributed by atoms with Crippen LogP contribution < -0.4 is 0 Å². The van der Waals surface area contributed by atoms with Gasteiger partial charge in [0.05, 0.1) is 23.1 Å². The number of benzene rings is 1. The standard InChI is InChI=1S/C15H19NO5S/c1-16(12-5-6-21-9-12)22(19,20)14-8-11(15(17)18)7-10-3-2-4-13(10)14/h7-8,12H,2-6,9H2,1H3,(H,17,18). The van der Waals surface area contributed by atoms with Gasteiger partial charge in [0.25, 0.3) is 0 Å². The number of aromatic carboxylic acids is 1. The lowest BCUT2D eigenvalue weighted by molar-refractivity contribution is 0.0696. The van der Waals surface area contributed by atoms with Crippen LogP contribution >= 0.6 is 0 Å². The fraction of sp³-hybridized carbons (Fsp3) is 0.533. The van der Waals surface area contributed by atoms with Crippen molar-refractivity contribution in [2.45, 2.75) is 36.6 Å². The summed E-state index contributed by atoms with van der Waals surface area (Å²) < 4.78 is 32.5. The highest BCUT2D eigenvalue weighted by Gasteiger charge is 2.34. The summed E-state index contributed by atoms with van der Waals surface area (Å²) in [4.78, 5) is 11.4. The highest BCUT2D eigenvalue weighted by Crippen LogP contribution is 2.32. The van der Waals surface area contributed by atoms with Gasteiger partial charge >= 0.3 is 5.97 Å². The molecule has 22 heavy (non-hydrogen) atoms. The number of carboxylic acids is 1. The summed E-state index contributed by atoms with van der Waals surface area (Å²) in [5.74, 6) is -1.10. The van der Waals surface area contributed by atoms with Crippen molar-refractivity contribution in [1.82, 2.24) is 4.31 Å². The number of fused-ring (bicyclic) bond motifs is 1. The average molecular weight is 325 g/mol. The lowest BCUT2D eigenvalue weighted by atomic mass is 10.1. The van der Waals surface area contributed by atoms with E-state index in [4.69, 9.17) is 4.74 Å². The molecular weight excluding hydrogens is 306 g/mol. The molecule has 0 saturated carbocycles. The third kappa shape index (κ3) is 2.53. The largest absolute Gasteiger partial charge is 0.478 e. The number of rotatable bonds is 4. The van der Waals surface area contributed by atoms with Gasteiger partial charge in [-0.2, -0.15) is 4.31 Å². The molecule has 7 heteroatoms. The molecule has 6 nitrogen and oxygen atoms in total. The number of nitrogens with zero attached hydrogens (tertiary/aromatic N) is 1. The molecule has 0 amide bonds. The summed E-state index contributed by atoms with van der Waals surface area (Å²) in [5, 5.41) is 9.23. The van der Waals surface area contributed by atoms with Crippen molar-refractivity contribution in [3.05, 3.63) is 28.8 Å². The topological polar surface area (TPSA) is 83.9 Å². The zero-order valence-electron chi connectivity index (χ0n) is 12.4. The molecule has 1 aromatic carbocycles. The number of carbonyl (C=O) groups is 1. The maximum atomic E-state index is 12.9. The SMILES string of the molecule is CN(C1CCOC1)S(=O)(=O)c1cc(C(=O)O)cc2c1CCC2. The van der Waals surface area contributed by atoms with Gasteiger partial charge in [-0.1, -0.05) is 0 Å². The van der Waals surface area contributed by atoms with Crippen molar-refractivity contribution in [2.75, 3.05) is 20.3 Å². The second-order valence-corrected chi connectivity index (χ2v) is 7.78. The third-order valence-corrected chi connectivity index (χ3v) is 6.47. The van der Waals surface area contributed by atoms with Gasteiger partial charge in [0.1, 0.15) is 0 Å². The molecule has 0 aromatic heterocycles. The van der Waals surface area contributed by atoms with E-state index in [1.54, 1.807) is 13.1 Å². The minimum Gasteiger partial charge on any atom is -0.478 e. The maximum absolute atomic E-state index is 12.9. The Labute approximate surface area is 129 Å². The number of hydrogen-bond acceptors (Lipinski definition) is 4. The van der Waals surface area contributed by atoms with Gasteiger partial charge in [0.2, 0.25) is 10.0 Å². The Bertz CT molecular complexity index is 707. The van der Waals surface area contributed by atoms with Crippen LogP contribution in [0.1, 0.15) is 34.3 Å². The van der Waals surface area contributed by atoms with Crippen molar-refractivity contribution in [2.24, 2.45) is 0 Å². The molecule has 1 heterocycles. The first-order chi connectivity index (χ1) is 10.4. The Hall–Kier alpha value is -1.44. The van der Waals surface area contributed by atoms with Gasteiger partial charge < -0.3 is 9.84 Å². The van der Waals surface area contributed by atoms with Gasteiger partial charge in [-0.25, -0.2) is 13.2 Å². The molecular formula is C15H19NO5S. The van der Waals surface area contributed by atoms with Crippen LogP contribution in [0.25, 0.3) is 0 Å². The van der Waals surface area contributed by atoms with E-state index in [1.165, 1.54) is 10.4 Å². The quantitative estimate of drug-likeness (QED) is 0.901. The Balaban J connectivity index is 2.08. The maximum Gasteiger partial charge on any atom is 0.335 e. The molecule has 1 N–H and O–H groups in total. The molecule has 1 aromatic rings. The number of sulfonamides is 1. The van der Waals surface area contributed by atoms with Gasteiger partial charge in [-0.05, 0) is 48.9 Å². The summed E-state index contributed by atoms with van der Waals surface area (Å²) in [5.41, 5.74) is 1.65. The predicted octanol–water partition coefficient (Wildman–Crippen LogP) is 1.28. The molecule has 1 unspecified atom stereocenters. The Morgan fingerprint density at radius 3 is 2.77 bits per heavy atom. The van der Waals surface area contributed by atoms with Crippen LogP contribution in [0.15, 0.2) is 17.0 Å².